The van der Waals surface area contributed by atoms with Crippen LogP contribution in [0.1, 0.15) is 18.3 Å². The van der Waals surface area contributed by atoms with Crippen molar-refractivity contribution >= 4 is 0 Å². The van der Waals surface area contributed by atoms with E-state index in [9.17, 15) is 9.50 Å². The molecule has 1 aromatic heterocycles. The molecule has 0 saturated heterocycles. The molecule has 5 heteroatoms. The molecule has 0 saturated carbocycles. The van der Waals surface area contributed by atoms with Crippen LogP contribution >= 0.6 is 0 Å². The molecular weight excluding hydrogens is 233 g/mol. The molecule has 18 heavy (non-hydrogen) atoms. The van der Waals surface area contributed by atoms with Crippen molar-refractivity contribution in [2.45, 2.75) is 25.4 Å². The molecule has 1 N–H and O–H groups in total. The highest BCUT2D eigenvalue weighted by atomic mass is 19.1. The Kier molecular flexibility index (Phi) is 3.43. The summed E-state index contributed by atoms with van der Waals surface area (Å²) in [5.41, 5.74) is -0.548. The smallest absolute Gasteiger partial charge is 0.138 e. The highest BCUT2D eigenvalue weighted by Crippen LogP contribution is 2.19. The minimum absolute atomic E-state index is 0.243. The van der Waals surface area contributed by atoms with Gasteiger partial charge < -0.3 is 5.11 Å². The number of aliphatic hydroxyl groups is 1. The van der Waals surface area contributed by atoms with Gasteiger partial charge in [-0.3, -0.25) is 4.68 Å². The van der Waals surface area contributed by atoms with Gasteiger partial charge in [-0.05, 0) is 18.6 Å². The van der Waals surface area contributed by atoms with Gasteiger partial charge in [0.2, 0.25) is 0 Å². The average Bonchev–Trinajstić information content (AvgIpc) is 2.67. The number of hydrogen-bond donors (Lipinski definition) is 1. The second-order valence-electron chi connectivity index (χ2n) is 4.74. The molecule has 96 valence electrons. The number of nitrogens with zero attached hydrogens (tertiary/aromatic N) is 3. The number of halogens is 1. The molecule has 0 fully saturated rings. The van der Waals surface area contributed by atoms with Crippen molar-refractivity contribution in [1.82, 2.24) is 14.8 Å². The van der Waals surface area contributed by atoms with Gasteiger partial charge in [-0.1, -0.05) is 18.2 Å². The van der Waals surface area contributed by atoms with Crippen molar-refractivity contribution in [2.24, 2.45) is 7.05 Å². The summed E-state index contributed by atoms with van der Waals surface area (Å²) in [5.74, 6) is 0.382. The lowest BCUT2D eigenvalue weighted by Gasteiger charge is -2.23. The van der Waals surface area contributed by atoms with Crippen LogP contribution in [0.4, 0.5) is 4.39 Å². The molecule has 0 bridgehead atoms. The van der Waals surface area contributed by atoms with Crippen molar-refractivity contribution in [3.8, 4) is 0 Å². The monoisotopic (exact) mass is 249 g/mol. The van der Waals surface area contributed by atoms with Crippen LogP contribution in [-0.2, 0) is 19.9 Å². The van der Waals surface area contributed by atoms with E-state index in [1.165, 1.54) is 12.4 Å². The quantitative estimate of drug-likeness (QED) is 0.893. The summed E-state index contributed by atoms with van der Waals surface area (Å²) in [6.07, 6.45) is 2.01. The third-order valence-corrected chi connectivity index (χ3v) is 2.87. The van der Waals surface area contributed by atoms with E-state index in [-0.39, 0.29) is 12.2 Å². The van der Waals surface area contributed by atoms with Gasteiger partial charge in [0.25, 0.3) is 0 Å². The molecule has 0 radical (unpaired) electrons. The molecule has 2 aromatic rings. The topological polar surface area (TPSA) is 50.9 Å². The first-order valence-electron chi connectivity index (χ1n) is 5.76. The summed E-state index contributed by atoms with van der Waals surface area (Å²) in [7, 11) is 1.77. The maximum absolute atomic E-state index is 13.5. The largest absolute Gasteiger partial charge is 0.389 e. The van der Waals surface area contributed by atoms with Crippen LogP contribution < -0.4 is 0 Å². The van der Waals surface area contributed by atoms with Gasteiger partial charge in [0.05, 0.1) is 5.60 Å². The van der Waals surface area contributed by atoms with Gasteiger partial charge in [-0.2, -0.15) is 5.10 Å². The van der Waals surface area contributed by atoms with Crippen molar-refractivity contribution in [1.29, 1.82) is 0 Å². The summed E-state index contributed by atoms with van der Waals surface area (Å²) in [6, 6.07) is 6.47. The van der Waals surface area contributed by atoms with Crippen LogP contribution in [0.3, 0.4) is 0 Å². The Bertz CT molecular complexity index is 537. The lowest BCUT2D eigenvalue weighted by Crippen LogP contribution is -2.31. The van der Waals surface area contributed by atoms with Crippen molar-refractivity contribution in [3.05, 3.63) is 47.8 Å². The van der Waals surface area contributed by atoms with E-state index in [2.05, 4.69) is 10.1 Å². The van der Waals surface area contributed by atoms with E-state index in [1.807, 2.05) is 0 Å². The zero-order chi connectivity index (χ0) is 13.2. The zero-order valence-electron chi connectivity index (χ0n) is 10.5. The Hall–Kier alpha value is -1.75. The minimum Gasteiger partial charge on any atom is -0.389 e. The number of hydrogen-bond acceptors (Lipinski definition) is 3. The Morgan fingerprint density at radius 3 is 2.67 bits per heavy atom. The van der Waals surface area contributed by atoms with Gasteiger partial charge in [0, 0.05) is 19.9 Å². The predicted molar refractivity (Wildman–Crippen MR) is 65.4 cm³/mol. The van der Waals surface area contributed by atoms with E-state index in [0.29, 0.717) is 17.8 Å². The van der Waals surface area contributed by atoms with Crippen LogP contribution in [0.2, 0.25) is 0 Å². The van der Waals surface area contributed by atoms with Crippen molar-refractivity contribution in [3.63, 3.8) is 0 Å². The first-order chi connectivity index (χ1) is 8.48. The van der Waals surface area contributed by atoms with Gasteiger partial charge in [-0.25, -0.2) is 9.37 Å². The second kappa shape index (κ2) is 4.86. The maximum Gasteiger partial charge on any atom is 0.138 e. The number of aryl methyl sites for hydroxylation is 1. The lowest BCUT2D eigenvalue weighted by atomic mass is 9.92. The first-order valence-corrected chi connectivity index (χ1v) is 5.76. The fourth-order valence-corrected chi connectivity index (χ4v) is 1.94. The van der Waals surface area contributed by atoms with Gasteiger partial charge in [0.15, 0.2) is 0 Å². The summed E-state index contributed by atoms with van der Waals surface area (Å²) in [6.45, 7) is 1.67. The minimum atomic E-state index is -1.05. The number of aromatic nitrogens is 3. The van der Waals surface area contributed by atoms with E-state index in [4.69, 9.17) is 0 Å². The molecule has 0 aliphatic heterocycles. The molecule has 0 spiro atoms. The molecule has 0 aliphatic rings. The Morgan fingerprint density at radius 2 is 2.06 bits per heavy atom. The molecule has 0 aliphatic carbocycles. The first kappa shape index (κ1) is 12.7. The predicted octanol–water partition coefficient (Wildman–Crippen LogP) is 1.49. The third-order valence-electron chi connectivity index (χ3n) is 2.87. The normalized spacial score (nSPS) is 14.4. The van der Waals surface area contributed by atoms with Crippen LogP contribution in [0.5, 0.6) is 0 Å². The van der Waals surface area contributed by atoms with Gasteiger partial charge in [0.1, 0.15) is 18.0 Å². The highest BCUT2D eigenvalue weighted by Gasteiger charge is 2.25. The van der Waals surface area contributed by atoms with E-state index in [1.54, 1.807) is 36.9 Å². The van der Waals surface area contributed by atoms with E-state index >= 15 is 0 Å². The molecule has 4 nitrogen and oxygen atoms in total. The molecule has 1 aromatic carbocycles. The Labute approximate surface area is 105 Å². The molecule has 1 atom stereocenters. The lowest BCUT2D eigenvalue weighted by molar-refractivity contribution is 0.0569. The van der Waals surface area contributed by atoms with Crippen molar-refractivity contribution in [2.75, 3.05) is 0 Å². The Morgan fingerprint density at radius 1 is 1.33 bits per heavy atom. The fourth-order valence-electron chi connectivity index (χ4n) is 1.94. The van der Waals surface area contributed by atoms with Gasteiger partial charge in [-0.15, -0.1) is 0 Å². The van der Waals surface area contributed by atoms with E-state index < -0.39 is 5.60 Å². The molecule has 2 rings (SSSR count). The van der Waals surface area contributed by atoms with Crippen LogP contribution in [0, 0.1) is 5.82 Å². The summed E-state index contributed by atoms with van der Waals surface area (Å²) in [4.78, 5) is 4.06. The van der Waals surface area contributed by atoms with Crippen molar-refractivity contribution < 1.29 is 9.50 Å². The zero-order valence-corrected chi connectivity index (χ0v) is 10.5. The summed E-state index contributed by atoms with van der Waals surface area (Å²) >= 11 is 0. The molecule has 1 heterocycles. The third kappa shape index (κ3) is 2.92. The number of benzene rings is 1. The van der Waals surface area contributed by atoms with Crippen LogP contribution in [-0.4, -0.2) is 25.5 Å². The molecule has 1 unspecified atom stereocenters. The van der Waals surface area contributed by atoms with E-state index in [0.717, 1.165) is 0 Å². The fraction of sp³-hybridized carbons (Fsp3) is 0.385. The van der Waals surface area contributed by atoms with Crippen LogP contribution in [0.15, 0.2) is 30.6 Å². The molecular formula is C13H16FN3O. The summed E-state index contributed by atoms with van der Waals surface area (Å²) < 4.78 is 15.1. The molecule has 0 amide bonds. The SMILES string of the molecule is Cn1ncnc1CC(C)(O)Cc1ccccc1F. The highest BCUT2D eigenvalue weighted by molar-refractivity contribution is 5.19. The van der Waals surface area contributed by atoms with Crippen LogP contribution in [0.25, 0.3) is 0 Å². The Balaban J connectivity index is 2.13. The average molecular weight is 249 g/mol. The standard InChI is InChI=1S/C13H16FN3O/c1-13(18,8-12-15-9-16-17(12)2)7-10-5-3-4-6-11(10)14/h3-6,9,18H,7-8H2,1-2H3. The maximum atomic E-state index is 13.5. The summed E-state index contributed by atoms with van der Waals surface area (Å²) in [5, 5.41) is 14.3. The second-order valence-corrected chi connectivity index (χ2v) is 4.74. The number of rotatable bonds is 4. The van der Waals surface area contributed by atoms with Gasteiger partial charge >= 0.3 is 0 Å².